The Morgan fingerprint density at radius 1 is 1.42 bits per heavy atom. The molecular formula is C13H21N3O2S. The molecule has 1 aromatic heterocycles. The molecule has 0 aliphatic carbocycles. The largest absolute Gasteiger partial charge is 0.389 e. The van der Waals surface area contributed by atoms with Gasteiger partial charge in [-0.15, -0.1) is 11.3 Å². The number of nitrogens with zero attached hydrogens (tertiary/aromatic N) is 3. The first kappa shape index (κ1) is 14.4. The van der Waals surface area contributed by atoms with E-state index in [1.54, 1.807) is 5.51 Å². The molecule has 0 atom stereocenters. The van der Waals surface area contributed by atoms with Crippen molar-refractivity contribution < 1.29 is 9.90 Å². The Balaban J connectivity index is 1.90. The first-order chi connectivity index (χ1) is 8.87. The van der Waals surface area contributed by atoms with E-state index in [1.807, 2.05) is 25.7 Å². The molecule has 0 radical (unpaired) electrons. The molecule has 1 aliphatic heterocycles. The van der Waals surface area contributed by atoms with E-state index < -0.39 is 5.60 Å². The monoisotopic (exact) mass is 283 g/mol. The molecule has 0 unspecified atom stereocenters. The minimum Gasteiger partial charge on any atom is -0.389 e. The van der Waals surface area contributed by atoms with Gasteiger partial charge in [-0.05, 0) is 20.8 Å². The highest BCUT2D eigenvalue weighted by Gasteiger charge is 2.26. The van der Waals surface area contributed by atoms with Crippen LogP contribution in [0.25, 0.3) is 0 Å². The first-order valence-corrected chi connectivity index (χ1v) is 7.39. The van der Waals surface area contributed by atoms with Gasteiger partial charge in [0.2, 0.25) is 0 Å². The average Bonchev–Trinajstić information content (AvgIpc) is 2.73. The summed E-state index contributed by atoms with van der Waals surface area (Å²) >= 11 is 1.41. The van der Waals surface area contributed by atoms with E-state index in [2.05, 4.69) is 9.88 Å². The van der Waals surface area contributed by atoms with Crippen LogP contribution in [0, 0.1) is 6.92 Å². The van der Waals surface area contributed by atoms with Crippen LogP contribution in [0.15, 0.2) is 5.51 Å². The molecule has 1 amide bonds. The van der Waals surface area contributed by atoms with Gasteiger partial charge in [0.05, 0.1) is 16.8 Å². The Morgan fingerprint density at radius 3 is 2.53 bits per heavy atom. The molecule has 0 spiro atoms. The van der Waals surface area contributed by atoms with Crippen molar-refractivity contribution in [2.75, 3.05) is 32.7 Å². The van der Waals surface area contributed by atoms with Crippen LogP contribution in [0.4, 0.5) is 0 Å². The standard InChI is InChI=1S/C13H21N3O2S/c1-10-11(19-9-14-10)12(17)16-6-4-15(5-7-16)8-13(2,3)18/h9,18H,4-8H2,1-3H3. The van der Waals surface area contributed by atoms with E-state index in [0.717, 1.165) is 23.7 Å². The van der Waals surface area contributed by atoms with E-state index in [0.29, 0.717) is 19.6 Å². The summed E-state index contributed by atoms with van der Waals surface area (Å²) in [5, 5.41) is 9.80. The van der Waals surface area contributed by atoms with Gasteiger partial charge < -0.3 is 10.0 Å². The SMILES string of the molecule is Cc1ncsc1C(=O)N1CCN(CC(C)(C)O)CC1. The Hall–Kier alpha value is -0.980. The maximum absolute atomic E-state index is 12.3. The summed E-state index contributed by atoms with van der Waals surface area (Å²) < 4.78 is 0. The lowest BCUT2D eigenvalue weighted by atomic mass is 10.1. The van der Waals surface area contributed by atoms with Crippen molar-refractivity contribution in [2.45, 2.75) is 26.4 Å². The van der Waals surface area contributed by atoms with Gasteiger partial charge in [-0.3, -0.25) is 9.69 Å². The molecule has 5 nitrogen and oxygen atoms in total. The molecule has 1 aliphatic rings. The fourth-order valence-corrected chi connectivity index (χ4v) is 3.08. The topological polar surface area (TPSA) is 56.7 Å². The van der Waals surface area contributed by atoms with Crippen LogP contribution in [-0.4, -0.2) is 64.1 Å². The highest BCUT2D eigenvalue weighted by molar-refractivity contribution is 7.11. The summed E-state index contributed by atoms with van der Waals surface area (Å²) in [5.41, 5.74) is 1.85. The molecule has 0 aromatic carbocycles. The zero-order chi connectivity index (χ0) is 14.0. The van der Waals surface area contributed by atoms with Gasteiger partial charge in [0.1, 0.15) is 4.88 Å². The molecule has 1 fully saturated rings. The van der Waals surface area contributed by atoms with Crippen molar-refractivity contribution in [2.24, 2.45) is 0 Å². The average molecular weight is 283 g/mol. The second-order valence-corrected chi connectivity index (χ2v) is 6.50. The maximum atomic E-state index is 12.3. The number of rotatable bonds is 3. The van der Waals surface area contributed by atoms with Crippen LogP contribution in [0.2, 0.25) is 0 Å². The normalized spacial score (nSPS) is 17.8. The number of hydrogen-bond acceptors (Lipinski definition) is 5. The number of β-amino-alcohol motifs (C(OH)–C–C–N with tert-alkyl or cyclic N) is 1. The van der Waals surface area contributed by atoms with Gasteiger partial charge in [0.25, 0.3) is 5.91 Å². The van der Waals surface area contributed by atoms with E-state index in [4.69, 9.17) is 0 Å². The lowest BCUT2D eigenvalue weighted by Crippen LogP contribution is -2.51. The van der Waals surface area contributed by atoms with Crippen molar-refractivity contribution in [1.29, 1.82) is 0 Å². The van der Waals surface area contributed by atoms with E-state index in [9.17, 15) is 9.90 Å². The minimum atomic E-state index is -0.680. The summed E-state index contributed by atoms with van der Waals surface area (Å²) in [5.74, 6) is 0.0860. The smallest absolute Gasteiger partial charge is 0.265 e. The van der Waals surface area contributed by atoms with Crippen LogP contribution >= 0.6 is 11.3 Å². The molecule has 6 heteroatoms. The van der Waals surface area contributed by atoms with Crippen molar-refractivity contribution in [1.82, 2.24) is 14.8 Å². The fraction of sp³-hybridized carbons (Fsp3) is 0.692. The van der Waals surface area contributed by atoms with E-state index in [-0.39, 0.29) is 5.91 Å². The van der Waals surface area contributed by atoms with Crippen LogP contribution < -0.4 is 0 Å². The van der Waals surface area contributed by atoms with Gasteiger partial charge in [-0.2, -0.15) is 0 Å². The third-order valence-electron chi connectivity index (χ3n) is 3.21. The number of amides is 1. The predicted molar refractivity (Wildman–Crippen MR) is 75.5 cm³/mol. The van der Waals surface area contributed by atoms with Gasteiger partial charge in [0, 0.05) is 32.7 Å². The van der Waals surface area contributed by atoms with Gasteiger partial charge in [-0.1, -0.05) is 0 Å². The Labute approximate surface area is 117 Å². The van der Waals surface area contributed by atoms with Gasteiger partial charge in [-0.25, -0.2) is 4.98 Å². The molecule has 0 bridgehead atoms. The Kier molecular flexibility index (Phi) is 4.23. The third-order valence-corrected chi connectivity index (χ3v) is 4.13. The lowest BCUT2D eigenvalue weighted by molar-refractivity contribution is 0.0179. The highest BCUT2D eigenvalue weighted by Crippen LogP contribution is 2.17. The Bertz CT molecular complexity index is 445. The minimum absolute atomic E-state index is 0.0860. The highest BCUT2D eigenvalue weighted by atomic mass is 32.1. The number of carbonyl (C=O) groups excluding carboxylic acids is 1. The van der Waals surface area contributed by atoms with Crippen molar-refractivity contribution in [3.8, 4) is 0 Å². The Morgan fingerprint density at radius 2 is 2.05 bits per heavy atom. The number of aliphatic hydroxyl groups is 1. The summed E-state index contributed by atoms with van der Waals surface area (Å²) in [7, 11) is 0. The molecule has 19 heavy (non-hydrogen) atoms. The summed E-state index contributed by atoms with van der Waals surface area (Å²) in [6, 6.07) is 0. The molecule has 1 aromatic rings. The number of piperazine rings is 1. The van der Waals surface area contributed by atoms with Crippen LogP contribution in [-0.2, 0) is 0 Å². The quantitative estimate of drug-likeness (QED) is 0.898. The predicted octanol–water partition coefficient (Wildman–Crippen LogP) is 0.980. The van der Waals surface area contributed by atoms with Crippen LogP contribution in [0.1, 0.15) is 29.2 Å². The van der Waals surface area contributed by atoms with E-state index in [1.165, 1.54) is 11.3 Å². The molecule has 2 rings (SSSR count). The number of aryl methyl sites for hydroxylation is 1. The third kappa shape index (κ3) is 3.75. The second-order valence-electron chi connectivity index (χ2n) is 5.65. The van der Waals surface area contributed by atoms with E-state index >= 15 is 0 Å². The first-order valence-electron chi connectivity index (χ1n) is 6.51. The summed E-state index contributed by atoms with van der Waals surface area (Å²) in [6.45, 7) is 9.19. The van der Waals surface area contributed by atoms with Crippen molar-refractivity contribution in [3.63, 3.8) is 0 Å². The zero-order valence-electron chi connectivity index (χ0n) is 11.7. The number of thiazole rings is 1. The molecule has 2 heterocycles. The fourth-order valence-electron chi connectivity index (χ4n) is 2.31. The maximum Gasteiger partial charge on any atom is 0.265 e. The lowest BCUT2D eigenvalue weighted by Gasteiger charge is -2.37. The van der Waals surface area contributed by atoms with Gasteiger partial charge >= 0.3 is 0 Å². The second kappa shape index (κ2) is 5.56. The van der Waals surface area contributed by atoms with Crippen LogP contribution in [0.5, 0.6) is 0 Å². The molecule has 106 valence electrons. The summed E-state index contributed by atoms with van der Waals surface area (Å²) in [6.07, 6.45) is 0. The molecule has 0 saturated carbocycles. The number of carbonyl (C=O) groups is 1. The number of hydrogen-bond donors (Lipinski definition) is 1. The van der Waals surface area contributed by atoms with Crippen molar-refractivity contribution >= 4 is 17.2 Å². The van der Waals surface area contributed by atoms with Crippen molar-refractivity contribution in [3.05, 3.63) is 16.1 Å². The number of aromatic nitrogens is 1. The van der Waals surface area contributed by atoms with Gasteiger partial charge in [0.15, 0.2) is 0 Å². The molecule has 1 saturated heterocycles. The molecular weight excluding hydrogens is 262 g/mol. The summed E-state index contributed by atoms with van der Waals surface area (Å²) in [4.78, 5) is 21.2. The zero-order valence-corrected chi connectivity index (χ0v) is 12.5. The van der Waals surface area contributed by atoms with Crippen LogP contribution in [0.3, 0.4) is 0 Å². The molecule has 1 N–H and O–H groups in total.